The van der Waals surface area contributed by atoms with Crippen LogP contribution in [-0.2, 0) is 19.1 Å². The average molecular weight is 373 g/mol. The number of halogens is 9. The Balaban J connectivity index is 3.34. The summed E-state index contributed by atoms with van der Waals surface area (Å²) in [7, 11) is 0. The summed E-state index contributed by atoms with van der Waals surface area (Å²) in [6.07, 6.45) is -19.9. The van der Waals surface area contributed by atoms with Gasteiger partial charge in [0, 0.05) is 5.57 Å². The van der Waals surface area contributed by atoms with Crippen molar-refractivity contribution in [2.45, 2.75) is 31.7 Å². The number of carbonyl (C=O) groups excluding carboxylic acids is 2. The maximum absolute atomic E-state index is 12.7. The van der Waals surface area contributed by atoms with Crippen LogP contribution in [0, 0.1) is 0 Å². The maximum atomic E-state index is 12.7. The molecule has 24 heavy (non-hydrogen) atoms. The Bertz CT molecular complexity index is 611. The van der Waals surface area contributed by atoms with E-state index >= 15 is 0 Å². The molecular formula is C10H4F9NO4. The molecule has 0 bridgehead atoms. The SMILES string of the molecule is C/C(C1=N[C@H](C(F)(F)F)OC1=O)=C(\OC(=O)C(F)(F)F)C(F)(F)F. The lowest BCUT2D eigenvalue weighted by atomic mass is 10.1. The van der Waals surface area contributed by atoms with E-state index in [1.165, 1.54) is 0 Å². The molecule has 5 nitrogen and oxygen atoms in total. The molecule has 1 heterocycles. The molecule has 0 saturated carbocycles. The van der Waals surface area contributed by atoms with Gasteiger partial charge in [0.25, 0.3) is 6.23 Å². The Morgan fingerprint density at radius 1 is 1.04 bits per heavy atom. The minimum absolute atomic E-state index is 0.297. The minimum atomic E-state index is -5.82. The van der Waals surface area contributed by atoms with Gasteiger partial charge in [0.2, 0.25) is 5.76 Å². The first-order valence-electron chi connectivity index (χ1n) is 5.48. The molecule has 136 valence electrons. The highest BCUT2D eigenvalue weighted by molar-refractivity contribution is 6.44. The van der Waals surface area contributed by atoms with E-state index in [9.17, 15) is 49.1 Å². The molecule has 0 unspecified atom stereocenters. The normalized spacial score (nSPS) is 20.3. The molecule has 0 fully saturated rings. The quantitative estimate of drug-likeness (QED) is 0.424. The van der Waals surface area contributed by atoms with Crippen LogP contribution in [0.15, 0.2) is 16.3 Å². The average Bonchev–Trinajstić information content (AvgIpc) is 2.74. The number of cyclic esters (lactones) is 1. The van der Waals surface area contributed by atoms with E-state index < -0.39 is 53.7 Å². The van der Waals surface area contributed by atoms with Crippen LogP contribution in [0.2, 0.25) is 0 Å². The molecule has 0 aromatic carbocycles. The first-order valence-corrected chi connectivity index (χ1v) is 5.48. The number of alkyl halides is 9. The molecule has 0 saturated heterocycles. The monoisotopic (exact) mass is 373 g/mol. The van der Waals surface area contributed by atoms with Crippen LogP contribution in [0.3, 0.4) is 0 Å². The third-order valence-corrected chi connectivity index (χ3v) is 2.32. The first kappa shape index (κ1) is 19.8. The fourth-order valence-corrected chi connectivity index (χ4v) is 1.35. The zero-order valence-corrected chi connectivity index (χ0v) is 11.1. The second-order valence-electron chi connectivity index (χ2n) is 4.12. The number of ether oxygens (including phenoxy) is 2. The van der Waals surface area contributed by atoms with Gasteiger partial charge in [-0.2, -0.15) is 39.5 Å². The van der Waals surface area contributed by atoms with Crippen LogP contribution in [0.4, 0.5) is 39.5 Å². The van der Waals surface area contributed by atoms with Crippen molar-refractivity contribution >= 4 is 17.7 Å². The van der Waals surface area contributed by atoms with Gasteiger partial charge < -0.3 is 9.47 Å². The Labute approximate surface area is 125 Å². The van der Waals surface area contributed by atoms with Gasteiger partial charge in [-0.1, -0.05) is 0 Å². The van der Waals surface area contributed by atoms with E-state index in [1.54, 1.807) is 0 Å². The number of hydrogen-bond acceptors (Lipinski definition) is 5. The highest BCUT2D eigenvalue weighted by Gasteiger charge is 2.51. The molecule has 0 amide bonds. The van der Waals surface area contributed by atoms with Crippen molar-refractivity contribution in [1.82, 2.24) is 0 Å². The van der Waals surface area contributed by atoms with Crippen molar-refractivity contribution in [1.29, 1.82) is 0 Å². The highest BCUT2D eigenvalue weighted by Crippen LogP contribution is 2.34. The summed E-state index contributed by atoms with van der Waals surface area (Å²) in [5.41, 5.74) is -3.14. The molecule has 0 spiro atoms. The second kappa shape index (κ2) is 5.98. The summed E-state index contributed by atoms with van der Waals surface area (Å²) < 4.78 is 118. The van der Waals surface area contributed by atoms with Gasteiger partial charge in [0.05, 0.1) is 0 Å². The standard InChI is InChI=1S/C10H4F9NO4/c1-2(3-5(21)24-6(20-3)9(14,15)16)4(8(11,12)13)23-7(22)10(17,18)19/h6H,1H3/b4-2+/t6-/m0/s1. The number of esters is 2. The number of rotatable bonds is 2. The molecule has 1 atom stereocenters. The Morgan fingerprint density at radius 2 is 1.54 bits per heavy atom. The zero-order chi connectivity index (χ0) is 19.1. The third kappa shape index (κ3) is 4.38. The third-order valence-electron chi connectivity index (χ3n) is 2.32. The van der Waals surface area contributed by atoms with Gasteiger partial charge in [-0.05, 0) is 6.92 Å². The fraction of sp³-hybridized carbons (Fsp3) is 0.500. The van der Waals surface area contributed by atoms with Gasteiger partial charge >= 0.3 is 30.5 Å². The number of carbonyl (C=O) groups is 2. The fourth-order valence-electron chi connectivity index (χ4n) is 1.35. The summed E-state index contributed by atoms with van der Waals surface area (Å²) in [4.78, 5) is 24.2. The summed E-state index contributed by atoms with van der Waals surface area (Å²) in [6.45, 7) is 0.297. The van der Waals surface area contributed by atoms with Crippen molar-refractivity contribution in [2.75, 3.05) is 0 Å². The molecule has 0 aliphatic carbocycles. The molecule has 1 aliphatic heterocycles. The molecular weight excluding hydrogens is 369 g/mol. The van der Waals surface area contributed by atoms with E-state index in [0.29, 0.717) is 6.92 Å². The van der Waals surface area contributed by atoms with Gasteiger partial charge in [-0.15, -0.1) is 0 Å². The van der Waals surface area contributed by atoms with Crippen LogP contribution in [-0.4, -0.2) is 42.4 Å². The van der Waals surface area contributed by atoms with Crippen molar-refractivity contribution in [3.8, 4) is 0 Å². The predicted octanol–water partition coefficient (Wildman–Crippen LogP) is 2.81. The minimum Gasteiger partial charge on any atom is -0.425 e. The predicted molar refractivity (Wildman–Crippen MR) is 54.3 cm³/mol. The largest absolute Gasteiger partial charge is 0.491 e. The van der Waals surface area contributed by atoms with Crippen molar-refractivity contribution in [3.63, 3.8) is 0 Å². The maximum Gasteiger partial charge on any atom is 0.491 e. The topological polar surface area (TPSA) is 65.0 Å². The van der Waals surface area contributed by atoms with Crippen molar-refractivity contribution < 1.29 is 58.6 Å². The lowest BCUT2D eigenvalue weighted by molar-refractivity contribution is -0.210. The molecule has 0 radical (unpaired) electrons. The van der Waals surface area contributed by atoms with Gasteiger partial charge in [-0.3, -0.25) is 0 Å². The molecule has 14 heteroatoms. The number of hydrogen-bond donors (Lipinski definition) is 0. The van der Waals surface area contributed by atoms with Crippen LogP contribution < -0.4 is 0 Å². The van der Waals surface area contributed by atoms with E-state index in [4.69, 9.17) is 0 Å². The number of nitrogens with zero attached hydrogens (tertiary/aromatic N) is 1. The molecule has 0 N–H and O–H groups in total. The van der Waals surface area contributed by atoms with E-state index in [0.717, 1.165) is 0 Å². The van der Waals surface area contributed by atoms with Crippen molar-refractivity contribution in [2.24, 2.45) is 4.99 Å². The van der Waals surface area contributed by atoms with Crippen LogP contribution >= 0.6 is 0 Å². The van der Waals surface area contributed by atoms with Crippen LogP contribution in [0.1, 0.15) is 6.92 Å². The number of aliphatic imine (C=N–C) groups is 1. The molecule has 0 aromatic heterocycles. The lowest BCUT2D eigenvalue weighted by Crippen LogP contribution is -2.31. The van der Waals surface area contributed by atoms with Gasteiger partial charge in [-0.25, -0.2) is 14.6 Å². The Morgan fingerprint density at radius 3 is 1.88 bits per heavy atom. The molecule has 1 rings (SSSR count). The first-order chi connectivity index (χ1) is 10.5. The summed E-state index contributed by atoms with van der Waals surface area (Å²) in [6, 6.07) is 0. The van der Waals surface area contributed by atoms with Crippen molar-refractivity contribution in [3.05, 3.63) is 11.3 Å². The highest BCUT2D eigenvalue weighted by atomic mass is 19.4. The molecule has 0 aromatic rings. The summed E-state index contributed by atoms with van der Waals surface area (Å²) >= 11 is 0. The Hall–Kier alpha value is -2.28. The zero-order valence-electron chi connectivity index (χ0n) is 11.1. The van der Waals surface area contributed by atoms with E-state index in [-0.39, 0.29) is 0 Å². The number of allylic oxidation sites excluding steroid dienone is 1. The smallest absolute Gasteiger partial charge is 0.425 e. The molecule has 1 aliphatic rings. The lowest BCUT2D eigenvalue weighted by Gasteiger charge is -2.15. The summed E-state index contributed by atoms with van der Waals surface area (Å²) in [5.74, 6) is -7.89. The van der Waals surface area contributed by atoms with E-state index in [2.05, 4.69) is 14.5 Å². The van der Waals surface area contributed by atoms with Gasteiger partial charge in [0.15, 0.2) is 5.71 Å². The summed E-state index contributed by atoms with van der Waals surface area (Å²) in [5, 5.41) is 0. The second-order valence-corrected chi connectivity index (χ2v) is 4.12. The van der Waals surface area contributed by atoms with Gasteiger partial charge in [0.1, 0.15) is 0 Å². The van der Waals surface area contributed by atoms with Crippen LogP contribution in [0.25, 0.3) is 0 Å². The Kier molecular flexibility index (Phi) is 4.92. The van der Waals surface area contributed by atoms with Crippen LogP contribution in [0.5, 0.6) is 0 Å². The van der Waals surface area contributed by atoms with E-state index in [1.807, 2.05) is 0 Å².